The van der Waals surface area contributed by atoms with E-state index < -0.39 is 5.97 Å². The summed E-state index contributed by atoms with van der Waals surface area (Å²) in [5, 5.41) is 22.4. The number of nitrogens with zero attached hydrogens (tertiary/aromatic N) is 6. The minimum absolute atomic E-state index is 0.0790. The minimum Gasteiger partial charge on any atom is -0.481 e. The lowest BCUT2D eigenvalue weighted by molar-refractivity contribution is -0.136. The molecule has 3 rings (SSSR count). The summed E-state index contributed by atoms with van der Waals surface area (Å²) < 4.78 is 2.27. The molecule has 0 bridgehead atoms. The summed E-state index contributed by atoms with van der Waals surface area (Å²) in [5.41, 5.74) is 1.09. The standard InChI is InChI=1S/C9H6N6O2S2/c16-8(17)1-5-4-18-9(11-5)19-7-3-10-2-6-12-13-14-15(6)7/h2-4H,1H2,(H,16,17). The number of carbonyl (C=O) groups is 1. The van der Waals surface area contributed by atoms with Gasteiger partial charge in [0.25, 0.3) is 0 Å². The Hall–Kier alpha value is -2.07. The van der Waals surface area contributed by atoms with Crippen LogP contribution in [0.3, 0.4) is 0 Å². The predicted octanol–water partition coefficient (Wildman–Crippen LogP) is 0.754. The fourth-order valence-corrected chi connectivity index (χ4v) is 3.19. The van der Waals surface area contributed by atoms with E-state index in [1.165, 1.54) is 23.1 Å². The van der Waals surface area contributed by atoms with Gasteiger partial charge in [-0.1, -0.05) is 0 Å². The molecule has 19 heavy (non-hydrogen) atoms. The van der Waals surface area contributed by atoms with Crippen molar-refractivity contribution in [1.29, 1.82) is 0 Å². The third-order valence-electron chi connectivity index (χ3n) is 2.13. The van der Waals surface area contributed by atoms with Gasteiger partial charge in [0.05, 0.1) is 24.5 Å². The van der Waals surface area contributed by atoms with Gasteiger partial charge in [0.2, 0.25) is 0 Å². The fourth-order valence-electron chi connectivity index (χ4n) is 1.38. The normalized spacial score (nSPS) is 10.9. The summed E-state index contributed by atoms with van der Waals surface area (Å²) in [7, 11) is 0. The van der Waals surface area contributed by atoms with Crippen LogP contribution < -0.4 is 0 Å². The van der Waals surface area contributed by atoms with Crippen LogP contribution in [-0.2, 0) is 11.2 Å². The molecular formula is C9H6N6O2S2. The van der Waals surface area contributed by atoms with Gasteiger partial charge in [-0.2, -0.15) is 4.52 Å². The number of aliphatic carboxylic acids is 1. The molecule has 0 saturated carbocycles. The highest BCUT2D eigenvalue weighted by molar-refractivity contribution is 8.01. The highest BCUT2D eigenvalue weighted by Gasteiger charge is 2.10. The van der Waals surface area contributed by atoms with Crippen molar-refractivity contribution in [2.24, 2.45) is 0 Å². The van der Waals surface area contributed by atoms with Crippen LogP contribution >= 0.6 is 23.1 Å². The van der Waals surface area contributed by atoms with Crippen molar-refractivity contribution in [1.82, 2.24) is 30.0 Å². The lowest BCUT2D eigenvalue weighted by Gasteiger charge is -1.98. The molecule has 3 aromatic heterocycles. The Morgan fingerprint density at radius 3 is 3.21 bits per heavy atom. The van der Waals surface area contributed by atoms with Crippen LogP contribution in [0.15, 0.2) is 27.1 Å². The first kappa shape index (κ1) is 12.0. The van der Waals surface area contributed by atoms with E-state index in [-0.39, 0.29) is 6.42 Å². The molecule has 0 aromatic carbocycles. The molecule has 0 spiro atoms. The smallest absolute Gasteiger partial charge is 0.309 e. The van der Waals surface area contributed by atoms with E-state index in [9.17, 15) is 4.79 Å². The molecule has 0 aliphatic rings. The van der Waals surface area contributed by atoms with Gasteiger partial charge >= 0.3 is 5.97 Å². The first-order valence-electron chi connectivity index (χ1n) is 5.08. The van der Waals surface area contributed by atoms with E-state index in [0.29, 0.717) is 11.3 Å². The summed E-state index contributed by atoms with van der Waals surface area (Å²) >= 11 is 2.72. The highest BCUT2D eigenvalue weighted by Crippen LogP contribution is 2.29. The number of carboxylic acids is 1. The van der Waals surface area contributed by atoms with Crippen LogP contribution in [0.5, 0.6) is 0 Å². The topological polar surface area (TPSA) is 106 Å². The summed E-state index contributed by atoms with van der Waals surface area (Å²) in [5.74, 6) is -0.897. The number of carboxylic acid groups (broad SMARTS) is 1. The van der Waals surface area contributed by atoms with Crippen molar-refractivity contribution >= 4 is 34.7 Å². The molecule has 3 heterocycles. The third kappa shape index (κ3) is 2.53. The molecule has 96 valence electrons. The van der Waals surface area contributed by atoms with E-state index >= 15 is 0 Å². The van der Waals surface area contributed by atoms with Crippen molar-refractivity contribution in [3.63, 3.8) is 0 Å². The van der Waals surface area contributed by atoms with Gasteiger partial charge in [-0.15, -0.1) is 16.4 Å². The lowest BCUT2D eigenvalue weighted by atomic mass is 10.3. The second-order valence-corrected chi connectivity index (χ2v) is 5.60. The van der Waals surface area contributed by atoms with Gasteiger partial charge in [-0.25, -0.2) is 4.98 Å². The molecule has 3 aromatic rings. The van der Waals surface area contributed by atoms with Gasteiger partial charge in [0.1, 0.15) is 5.03 Å². The summed E-state index contributed by atoms with van der Waals surface area (Å²) in [6.45, 7) is 0. The Morgan fingerprint density at radius 2 is 2.37 bits per heavy atom. The van der Waals surface area contributed by atoms with Crippen LogP contribution in [0.2, 0.25) is 0 Å². The Balaban J connectivity index is 1.86. The van der Waals surface area contributed by atoms with Crippen molar-refractivity contribution < 1.29 is 9.90 Å². The van der Waals surface area contributed by atoms with Crippen LogP contribution in [0.4, 0.5) is 0 Å². The zero-order valence-corrected chi connectivity index (χ0v) is 10.9. The number of hydrogen-bond donors (Lipinski definition) is 1. The monoisotopic (exact) mass is 294 g/mol. The van der Waals surface area contributed by atoms with E-state index in [2.05, 4.69) is 25.5 Å². The second-order valence-electron chi connectivity index (χ2n) is 3.47. The maximum absolute atomic E-state index is 10.6. The van der Waals surface area contributed by atoms with Crippen LogP contribution in [0.1, 0.15) is 5.69 Å². The average Bonchev–Trinajstić information content (AvgIpc) is 2.98. The maximum atomic E-state index is 10.6. The number of hydrogen-bond acceptors (Lipinski definition) is 8. The molecule has 0 amide bonds. The van der Waals surface area contributed by atoms with Crippen molar-refractivity contribution in [3.05, 3.63) is 23.5 Å². The van der Waals surface area contributed by atoms with Crippen molar-refractivity contribution in [2.45, 2.75) is 15.8 Å². The largest absolute Gasteiger partial charge is 0.481 e. The molecular weight excluding hydrogens is 288 g/mol. The molecule has 0 radical (unpaired) electrons. The van der Waals surface area contributed by atoms with Crippen LogP contribution in [-0.4, -0.2) is 41.1 Å². The first-order chi connectivity index (χ1) is 9.22. The fraction of sp³-hybridized carbons (Fsp3) is 0.111. The van der Waals surface area contributed by atoms with E-state index in [0.717, 1.165) is 9.37 Å². The zero-order valence-electron chi connectivity index (χ0n) is 9.29. The third-order valence-corrected chi connectivity index (χ3v) is 4.11. The van der Waals surface area contributed by atoms with Gasteiger partial charge in [0, 0.05) is 5.38 Å². The Bertz CT molecular complexity index is 739. The van der Waals surface area contributed by atoms with Gasteiger partial charge in [-0.05, 0) is 22.2 Å². The Labute approximate surface area is 114 Å². The molecule has 1 N–H and O–H groups in total. The number of aromatic nitrogens is 6. The number of thiazole rings is 1. The maximum Gasteiger partial charge on any atom is 0.309 e. The van der Waals surface area contributed by atoms with Crippen LogP contribution in [0.25, 0.3) is 5.65 Å². The zero-order chi connectivity index (χ0) is 13.2. The number of fused-ring (bicyclic) bond motifs is 1. The van der Waals surface area contributed by atoms with Crippen molar-refractivity contribution in [3.8, 4) is 0 Å². The summed E-state index contributed by atoms with van der Waals surface area (Å²) in [6, 6.07) is 0. The summed E-state index contributed by atoms with van der Waals surface area (Å²) in [4.78, 5) is 18.9. The minimum atomic E-state index is -0.897. The average molecular weight is 294 g/mol. The van der Waals surface area contributed by atoms with E-state index in [1.54, 1.807) is 22.3 Å². The molecule has 0 saturated heterocycles. The van der Waals surface area contributed by atoms with Crippen molar-refractivity contribution in [2.75, 3.05) is 0 Å². The molecule has 0 fully saturated rings. The molecule has 8 nitrogen and oxygen atoms in total. The molecule has 10 heteroatoms. The highest BCUT2D eigenvalue weighted by atomic mass is 32.2. The van der Waals surface area contributed by atoms with Gasteiger partial charge in [-0.3, -0.25) is 9.78 Å². The van der Waals surface area contributed by atoms with E-state index in [4.69, 9.17) is 5.11 Å². The number of tetrazole rings is 1. The SMILES string of the molecule is O=C(O)Cc1csc(Sc2cncc3nnnn23)n1. The molecule has 0 aliphatic carbocycles. The van der Waals surface area contributed by atoms with E-state index in [1.807, 2.05) is 0 Å². The molecule has 0 unspecified atom stereocenters. The van der Waals surface area contributed by atoms with Gasteiger partial charge < -0.3 is 5.11 Å². The van der Waals surface area contributed by atoms with Crippen LogP contribution in [0, 0.1) is 0 Å². The Morgan fingerprint density at radius 1 is 1.47 bits per heavy atom. The first-order valence-corrected chi connectivity index (χ1v) is 6.78. The molecule has 0 aliphatic heterocycles. The predicted molar refractivity (Wildman–Crippen MR) is 66.2 cm³/mol. The second kappa shape index (κ2) is 4.90. The molecule has 0 atom stereocenters. The quantitative estimate of drug-likeness (QED) is 0.751. The lowest BCUT2D eigenvalue weighted by Crippen LogP contribution is -1.99. The summed E-state index contributed by atoms with van der Waals surface area (Å²) in [6.07, 6.45) is 3.11. The van der Waals surface area contributed by atoms with Gasteiger partial charge in [0.15, 0.2) is 9.99 Å². The Kier molecular flexibility index (Phi) is 3.09. The number of rotatable bonds is 4.